The minimum atomic E-state index is -0.941. The fourth-order valence-electron chi connectivity index (χ4n) is 1.90. The van der Waals surface area contributed by atoms with Crippen LogP contribution < -0.4 is 15.5 Å². The lowest BCUT2D eigenvalue weighted by Crippen LogP contribution is -2.32. The van der Waals surface area contributed by atoms with Gasteiger partial charge in [-0.3, -0.25) is 9.59 Å². The summed E-state index contributed by atoms with van der Waals surface area (Å²) in [5, 5.41) is 16.4. The van der Waals surface area contributed by atoms with Crippen LogP contribution in [0.4, 0.5) is 5.69 Å². The van der Waals surface area contributed by atoms with Gasteiger partial charge in [0.2, 0.25) is 0 Å². The Balaban J connectivity index is 1.99. The number of carbonyl (C=O) groups excluding carboxylic acids is 2. The number of anilines is 1. The number of phenols is 1. The predicted molar refractivity (Wildman–Crippen MR) is 103 cm³/mol. The van der Waals surface area contributed by atoms with E-state index in [4.69, 9.17) is 16.3 Å². The molecule has 26 heavy (non-hydrogen) atoms. The molecule has 136 valence electrons. The van der Waals surface area contributed by atoms with E-state index in [1.165, 1.54) is 12.3 Å². The monoisotopic (exact) mass is 439 g/mol. The summed E-state index contributed by atoms with van der Waals surface area (Å²) in [6.07, 6.45) is 1.32. The number of hydrazone groups is 1. The number of amides is 2. The number of benzene rings is 2. The number of hydrogen-bond donors (Lipinski definition) is 3. The van der Waals surface area contributed by atoms with Gasteiger partial charge >= 0.3 is 11.8 Å². The molecule has 0 fully saturated rings. The lowest BCUT2D eigenvalue weighted by molar-refractivity contribution is -0.136. The molecule has 0 heterocycles. The second-order valence-corrected chi connectivity index (χ2v) is 6.24. The van der Waals surface area contributed by atoms with Crippen LogP contribution in [0.5, 0.6) is 11.5 Å². The molecule has 9 heteroatoms. The number of phenolic OH excluding ortho intramolecular Hbond substituents is 1. The summed E-state index contributed by atoms with van der Waals surface area (Å²) < 4.78 is 5.71. The van der Waals surface area contributed by atoms with Crippen molar-refractivity contribution in [3.05, 3.63) is 51.5 Å². The van der Waals surface area contributed by atoms with E-state index in [1.54, 1.807) is 37.3 Å². The smallest absolute Gasteiger partial charge is 0.329 e. The average Bonchev–Trinajstić information content (AvgIpc) is 2.59. The van der Waals surface area contributed by atoms with Gasteiger partial charge in [-0.05, 0) is 58.7 Å². The van der Waals surface area contributed by atoms with Crippen LogP contribution in [0.25, 0.3) is 0 Å². The van der Waals surface area contributed by atoms with Crippen molar-refractivity contribution in [2.45, 2.75) is 6.92 Å². The van der Waals surface area contributed by atoms with Crippen molar-refractivity contribution in [3.8, 4) is 11.5 Å². The highest BCUT2D eigenvalue weighted by Gasteiger charge is 2.13. The van der Waals surface area contributed by atoms with Crippen molar-refractivity contribution < 1.29 is 19.4 Å². The highest BCUT2D eigenvalue weighted by molar-refractivity contribution is 9.10. The summed E-state index contributed by atoms with van der Waals surface area (Å²) in [6.45, 7) is 2.16. The molecule has 2 amide bonds. The number of ether oxygens (including phenoxy) is 1. The fraction of sp³-hybridized carbons (Fsp3) is 0.118. The van der Waals surface area contributed by atoms with Gasteiger partial charge in [-0.1, -0.05) is 17.7 Å². The standard InChI is InChI=1S/C17H15BrClN3O4/c1-2-26-14-7-10(6-13(18)15(14)23)9-20-22-17(25)16(24)21-12-5-3-4-11(19)8-12/h3-9,23H,2H2,1H3,(H,21,24)(H,22,25)/b20-9-. The van der Waals surface area contributed by atoms with Gasteiger partial charge in [0, 0.05) is 10.7 Å². The Kier molecular flexibility index (Phi) is 6.99. The van der Waals surface area contributed by atoms with Gasteiger partial charge in [-0.25, -0.2) is 5.43 Å². The molecule has 2 aromatic carbocycles. The van der Waals surface area contributed by atoms with Gasteiger partial charge < -0.3 is 15.2 Å². The maximum Gasteiger partial charge on any atom is 0.329 e. The topological polar surface area (TPSA) is 100 Å². The van der Waals surface area contributed by atoms with Crippen molar-refractivity contribution >= 4 is 51.2 Å². The lowest BCUT2D eigenvalue weighted by atomic mass is 10.2. The molecule has 0 saturated heterocycles. The van der Waals surface area contributed by atoms with Crippen LogP contribution in [0.15, 0.2) is 46.0 Å². The lowest BCUT2D eigenvalue weighted by Gasteiger charge is -2.08. The molecule has 0 saturated carbocycles. The van der Waals surface area contributed by atoms with E-state index in [0.29, 0.717) is 27.4 Å². The summed E-state index contributed by atoms with van der Waals surface area (Å²) in [5.74, 6) is -1.59. The summed E-state index contributed by atoms with van der Waals surface area (Å²) in [7, 11) is 0. The van der Waals surface area contributed by atoms with Crippen molar-refractivity contribution in [1.29, 1.82) is 0 Å². The first-order valence-electron chi connectivity index (χ1n) is 7.46. The quantitative estimate of drug-likeness (QED) is 0.377. The molecule has 0 aromatic heterocycles. The van der Waals surface area contributed by atoms with Crippen LogP contribution in [-0.2, 0) is 9.59 Å². The van der Waals surface area contributed by atoms with Crippen LogP contribution in [0.1, 0.15) is 12.5 Å². The van der Waals surface area contributed by atoms with Gasteiger partial charge in [-0.15, -0.1) is 0 Å². The first-order chi connectivity index (χ1) is 12.4. The Morgan fingerprint density at radius 2 is 2.08 bits per heavy atom. The highest BCUT2D eigenvalue weighted by atomic mass is 79.9. The van der Waals surface area contributed by atoms with Crippen LogP contribution in [-0.4, -0.2) is 29.7 Å². The Morgan fingerprint density at radius 1 is 1.31 bits per heavy atom. The van der Waals surface area contributed by atoms with Gasteiger partial charge in [0.25, 0.3) is 0 Å². The van der Waals surface area contributed by atoms with Gasteiger partial charge in [0.05, 0.1) is 17.3 Å². The molecule has 0 aliphatic carbocycles. The summed E-state index contributed by atoms with van der Waals surface area (Å²) in [6, 6.07) is 9.54. The second-order valence-electron chi connectivity index (χ2n) is 4.95. The number of aromatic hydroxyl groups is 1. The summed E-state index contributed by atoms with van der Waals surface area (Å²) in [5.41, 5.74) is 3.06. The number of nitrogens with zero attached hydrogens (tertiary/aromatic N) is 1. The van der Waals surface area contributed by atoms with Gasteiger partial charge in [0.1, 0.15) is 0 Å². The molecule has 0 bridgehead atoms. The van der Waals surface area contributed by atoms with Crippen LogP contribution in [0.2, 0.25) is 5.02 Å². The van der Waals surface area contributed by atoms with E-state index in [-0.39, 0.29) is 11.5 Å². The zero-order chi connectivity index (χ0) is 19.1. The Hall–Kier alpha value is -2.58. The van der Waals surface area contributed by atoms with E-state index in [1.807, 2.05) is 0 Å². The van der Waals surface area contributed by atoms with E-state index in [0.717, 1.165) is 0 Å². The molecule has 2 rings (SSSR count). The molecule has 0 spiro atoms. The number of halogens is 2. The zero-order valence-corrected chi connectivity index (χ0v) is 16.0. The van der Waals surface area contributed by atoms with E-state index >= 15 is 0 Å². The largest absolute Gasteiger partial charge is 0.503 e. The molecule has 0 aliphatic rings. The SMILES string of the molecule is CCOc1cc(/C=N\NC(=O)C(=O)Nc2cccc(Cl)c2)cc(Br)c1O. The molecule has 0 radical (unpaired) electrons. The normalized spacial score (nSPS) is 10.6. The van der Waals surface area contributed by atoms with Gasteiger partial charge in [0.15, 0.2) is 11.5 Å². The molecule has 2 aromatic rings. The number of rotatable bonds is 5. The maximum absolute atomic E-state index is 11.8. The third-order valence-electron chi connectivity index (χ3n) is 3.02. The van der Waals surface area contributed by atoms with Crippen molar-refractivity contribution in [2.75, 3.05) is 11.9 Å². The molecular weight excluding hydrogens is 426 g/mol. The zero-order valence-electron chi connectivity index (χ0n) is 13.6. The molecule has 7 nitrogen and oxygen atoms in total. The Bertz CT molecular complexity index is 858. The van der Waals surface area contributed by atoms with Crippen LogP contribution in [0, 0.1) is 0 Å². The highest BCUT2D eigenvalue weighted by Crippen LogP contribution is 2.35. The van der Waals surface area contributed by atoms with E-state index in [2.05, 4.69) is 31.8 Å². The molecule has 3 N–H and O–H groups in total. The maximum atomic E-state index is 11.8. The molecule has 0 unspecified atom stereocenters. The van der Waals surface area contributed by atoms with Crippen LogP contribution >= 0.6 is 27.5 Å². The third kappa shape index (κ3) is 5.47. The fourth-order valence-corrected chi connectivity index (χ4v) is 2.55. The number of carbonyl (C=O) groups is 2. The van der Waals surface area contributed by atoms with E-state index < -0.39 is 11.8 Å². The molecular formula is C17H15BrClN3O4. The minimum absolute atomic E-state index is 0.0334. The Labute approximate surface area is 163 Å². The van der Waals surface area contributed by atoms with E-state index in [9.17, 15) is 14.7 Å². The number of hydrogen-bond acceptors (Lipinski definition) is 5. The summed E-state index contributed by atoms with van der Waals surface area (Å²) in [4.78, 5) is 23.6. The number of nitrogens with one attached hydrogen (secondary N) is 2. The van der Waals surface area contributed by atoms with Gasteiger partial charge in [-0.2, -0.15) is 5.10 Å². The minimum Gasteiger partial charge on any atom is -0.503 e. The second kappa shape index (κ2) is 9.21. The first-order valence-corrected chi connectivity index (χ1v) is 8.63. The predicted octanol–water partition coefficient (Wildman–Crippen LogP) is 3.30. The van der Waals surface area contributed by atoms with Crippen molar-refractivity contribution in [1.82, 2.24) is 5.43 Å². The molecule has 0 atom stereocenters. The first kappa shape index (κ1) is 19.7. The average molecular weight is 441 g/mol. The van der Waals surface area contributed by atoms with Crippen molar-refractivity contribution in [2.24, 2.45) is 5.10 Å². The Morgan fingerprint density at radius 3 is 2.77 bits per heavy atom. The molecule has 0 aliphatic heterocycles. The summed E-state index contributed by atoms with van der Waals surface area (Å²) >= 11 is 9.01. The third-order valence-corrected chi connectivity index (χ3v) is 3.86. The van der Waals surface area contributed by atoms with Crippen LogP contribution in [0.3, 0.4) is 0 Å². The van der Waals surface area contributed by atoms with Crippen molar-refractivity contribution in [3.63, 3.8) is 0 Å².